The molecule has 0 radical (unpaired) electrons. The Morgan fingerprint density at radius 3 is 2.63 bits per heavy atom. The summed E-state index contributed by atoms with van der Waals surface area (Å²) in [6, 6.07) is 3.94. The summed E-state index contributed by atoms with van der Waals surface area (Å²) in [6.45, 7) is 0.352. The lowest BCUT2D eigenvalue weighted by molar-refractivity contribution is -0.275. The molecule has 0 atom stereocenters. The zero-order valence-electron chi connectivity index (χ0n) is 15.1. The summed E-state index contributed by atoms with van der Waals surface area (Å²) in [5, 5.41) is -0.108. The summed E-state index contributed by atoms with van der Waals surface area (Å²) in [5.41, 5.74) is -0.200. The summed E-state index contributed by atoms with van der Waals surface area (Å²) < 4.78 is 74.9. The number of carbonyl (C=O) groups excluding carboxylic acids is 1. The monoisotopic (exact) mass is 462 g/mol. The van der Waals surface area contributed by atoms with E-state index < -0.39 is 27.0 Å². The van der Waals surface area contributed by atoms with Crippen molar-refractivity contribution in [1.82, 2.24) is 4.98 Å². The second-order valence-corrected chi connectivity index (χ2v) is 9.30. The molecule has 1 aliphatic heterocycles. The van der Waals surface area contributed by atoms with Gasteiger partial charge in [-0.1, -0.05) is 11.6 Å². The van der Waals surface area contributed by atoms with E-state index in [2.05, 4.69) is 14.4 Å². The van der Waals surface area contributed by atoms with E-state index in [4.69, 9.17) is 16.3 Å². The molecule has 1 aromatic heterocycles. The van der Waals surface area contributed by atoms with E-state index in [-0.39, 0.29) is 39.8 Å². The molecule has 0 amide bonds. The summed E-state index contributed by atoms with van der Waals surface area (Å²) in [7, 11) is -4.55. The van der Waals surface area contributed by atoms with Crippen LogP contribution in [0.2, 0.25) is 5.02 Å². The predicted molar refractivity (Wildman–Crippen MR) is 99.3 cm³/mol. The lowest BCUT2D eigenvalue weighted by atomic mass is 9.98. The number of pyridine rings is 1. The maximum Gasteiger partial charge on any atom is 0.573 e. The predicted octanol–water partition coefficient (Wildman–Crippen LogP) is 4.18. The molecule has 1 spiro atoms. The van der Waals surface area contributed by atoms with Crippen LogP contribution in [-0.4, -0.2) is 32.2 Å². The van der Waals surface area contributed by atoms with E-state index in [1.165, 1.54) is 6.07 Å². The average Bonchev–Trinajstić information content (AvgIpc) is 3.41. The van der Waals surface area contributed by atoms with Crippen molar-refractivity contribution in [2.45, 2.75) is 30.5 Å². The fraction of sp³-hybridized carbons (Fsp3) is 0.333. The molecular formula is C18H14ClF3N2O5S. The number of alkyl halides is 3. The second-order valence-electron chi connectivity index (χ2n) is 7.21. The number of halogens is 4. The molecule has 2 heterocycles. The van der Waals surface area contributed by atoms with E-state index in [9.17, 15) is 26.4 Å². The van der Waals surface area contributed by atoms with Gasteiger partial charge in [0, 0.05) is 16.9 Å². The van der Waals surface area contributed by atoms with Crippen LogP contribution in [0.3, 0.4) is 0 Å². The highest BCUT2D eigenvalue weighted by Gasteiger charge is 2.47. The van der Waals surface area contributed by atoms with Crippen molar-refractivity contribution < 1.29 is 35.9 Å². The first-order chi connectivity index (χ1) is 14.0. The van der Waals surface area contributed by atoms with Crippen molar-refractivity contribution in [1.29, 1.82) is 0 Å². The van der Waals surface area contributed by atoms with Crippen molar-refractivity contribution in [3.05, 3.63) is 41.0 Å². The van der Waals surface area contributed by atoms with Gasteiger partial charge in [0.2, 0.25) is 5.88 Å². The van der Waals surface area contributed by atoms with Gasteiger partial charge in [-0.2, -0.15) is 0 Å². The van der Waals surface area contributed by atoms with Crippen LogP contribution in [0.5, 0.6) is 11.6 Å². The van der Waals surface area contributed by atoms with Crippen LogP contribution < -0.4 is 14.2 Å². The minimum atomic E-state index is -5.10. The van der Waals surface area contributed by atoms with Gasteiger partial charge in [0.05, 0.1) is 24.1 Å². The van der Waals surface area contributed by atoms with Gasteiger partial charge in [-0.05, 0) is 37.1 Å². The number of anilines is 1. The Morgan fingerprint density at radius 2 is 1.97 bits per heavy atom. The molecule has 2 aliphatic rings. The smallest absolute Gasteiger partial charge is 0.477 e. The zero-order chi connectivity index (χ0) is 21.7. The third-order valence-corrected chi connectivity index (χ3v) is 6.47. The van der Waals surface area contributed by atoms with Crippen LogP contribution >= 0.6 is 11.6 Å². The summed E-state index contributed by atoms with van der Waals surface area (Å²) in [5.74, 6) is -1.09. The highest BCUT2D eigenvalue weighted by Crippen LogP contribution is 2.51. The maximum atomic E-state index is 12.7. The Morgan fingerprint density at radius 1 is 1.23 bits per heavy atom. The minimum absolute atomic E-state index is 0.0931. The van der Waals surface area contributed by atoms with Gasteiger partial charge in [-0.15, -0.1) is 13.2 Å². The van der Waals surface area contributed by atoms with Crippen LogP contribution in [-0.2, 0) is 10.0 Å². The molecule has 0 unspecified atom stereocenters. The van der Waals surface area contributed by atoms with E-state index >= 15 is 0 Å². The Bertz CT molecular complexity index is 1130. The number of nitrogens with zero attached hydrogens (tertiary/aromatic N) is 1. The number of nitrogens with one attached hydrogen (secondary N) is 1. The molecule has 7 nitrogen and oxygen atoms in total. The Labute approximate surface area is 174 Å². The summed E-state index contributed by atoms with van der Waals surface area (Å²) in [4.78, 5) is 15.7. The molecule has 30 heavy (non-hydrogen) atoms. The molecule has 2 aromatic rings. The fourth-order valence-electron chi connectivity index (χ4n) is 3.14. The van der Waals surface area contributed by atoms with Gasteiger partial charge in [0.15, 0.2) is 5.78 Å². The normalized spacial score (nSPS) is 17.7. The van der Waals surface area contributed by atoms with Crippen molar-refractivity contribution in [2.24, 2.45) is 5.41 Å². The van der Waals surface area contributed by atoms with Crippen molar-refractivity contribution in [2.75, 3.05) is 11.3 Å². The van der Waals surface area contributed by atoms with E-state index in [0.717, 1.165) is 37.2 Å². The third-order valence-electron chi connectivity index (χ3n) is 4.83. The van der Waals surface area contributed by atoms with Crippen molar-refractivity contribution in [3.8, 4) is 11.6 Å². The SMILES string of the molecule is O=C1CC2(CC2)COc2ncc(NS(=O)(=O)c3cc(Cl)ccc3OC(F)(F)F)cc21. The molecule has 0 bridgehead atoms. The molecule has 1 aliphatic carbocycles. The summed E-state index contributed by atoms with van der Waals surface area (Å²) >= 11 is 5.76. The Kier molecular flexibility index (Phi) is 4.85. The van der Waals surface area contributed by atoms with Crippen molar-refractivity contribution >= 4 is 33.1 Å². The average molecular weight is 463 g/mol. The largest absolute Gasteiger partial charge is 0.573 e. The molecule has 4 rings (SSSR count). The number of sulfonamides is 1. The first-order valence-corrected chi connectivity index (χ1v) is 10.6. The molecule has 1 fully saturated rings. The van der Waals surface area contributed by atoms with Crippen LogP contribution in [0.1, 0.15) is 29.6 Å². The molecular weight excluding hydrogens is 449 g/mol. The van der Waals surface area contributed by atoms with Gasteiger partial charge in [-0.3, -0.25) is 9.52 Å². The van der Waals surface area contributed by atoms with Crippen LogP contribution in [0.15, 0.2) is 35.4 Å². The van der Waals surface area contributed by atoms with Crippen LogP contribution in [0.4, 0.5) is 18.9 Å². The number of benzene rings is 1. The topological polar surface area (TPSA) is 94.6 Å². The number of hydrogen-bond donors (Lipinski definition) is 1. The highest BCUT2D eigenvalue weighted by molar-refractivity contribution is 7.92. The fourth-order valence-corrected chi connectivity index (χ4v) is 4.57. The van der Waals surface area contributed by atoms with Crippen LogP contribution in [0.25, 0.3) is 0 Å². The van der Waals surface area contributed by atoms with Crippen molar-refractivity contribution in [3.63, 3.8) is 0 Å². The molecule has 12 heteroatoms. The molecule has 1 saturated carbocycles. The van der Waals surface area contributed by atoms with Gasteiger partial charge < -0.3 is 9.47 Å². The molecule has 0 saturated heterocycles. The van der Waals surface area contributed by atoms with Gasteiger partial charge in [-0.25, -0.2) is 13.4 Å². The molecule has 160 valence electrons. The maximum absolute atomic E-state index is 12.7. The van der Waals surface area contributed by atoms with E-state index in [1.807, 2.05) is 0 Å². The zero-order valence-corrected chi connectivity index (χ0v) is 16.7. The van der Waals surface area contributed by atoms with Crippen LogP contribution in [0, 0.1) is 5.41 Å². The van der Waals surface area contributed by atoms with E-state index in [1.54, 1.807) is 0 Å². The number of ketones is 1. The number of carbonyl (C=O) groups is 1. The quantitative estimate of drug-likeness (QED) is 0.732. The van der Waals surface area contributed by atoms with Gasteiger partial charge in [0.1, 0.15) is 10.6 Å². The molecule has 1 N–H and O–H groups in total. The lowest BCUT2D eigenvalue weighted by Crippen LogP contribution is -2.21. The Hall–Kier alpha value is -2.53. The molecule has 1 aromatic carbocycles. The number of aromatic nitrogens is 1. The highest BCUT2D eigenvalue weighted by atomic mass is 35.5. The third kappa shape index (κ3) is 4.31. The number of ether oxygens (including phenoxy) is 2. The summed E-state index contributed by atoms with van der Waals surface area (Å²) in [6.07, 6.45) is -2.00. The van der Waals surface area contributed by atoms with E-state index in [0.29, 0.717) is 6.61 Å². The standard InChI is InChI=1S/C18H14ClF3N2O5S/c19-10-1-2-14(29-18(20,21)22)15(5-10)30(26,27)24-11-6-12-13(25)7-17(3-4-17)9-28-16(12)23-8-11/h1-2,5-6,8,24H,3-4,7,9H2. The van der Waals surface area contributed by atoms with Gasteiger partial charge >= 0.3 is 6.36 Å². The Balaban J connectivity index is 1.65. The number of hydrogen-bond acceptors (Lipinski definition) is 6. The number of Topliss-reactive ketones (excluding diaryl/α,β-unsaturated/α-hetero) is 1. The lowest BCUT2D eigenvalue weighted by Gasteiger charge is -2.15. The number of rotatable bonds is 4. The first kappa shape index (κ1) is 20.7. The second kappa shape index (κ2) is 7.02. The first-order valence-electron chi connectivity index (χ1n) is 8.71. The van der Waals surface area contributed by atoms with Gasteiger partial charge in [0.25, 0.3) is 10.0 Å². The number of fused-ring (bicyclic) bond motifs is 1. The minimum Gasteiger partial charge on any atom is -0.477 e.